The summed E-state index contributed by atoms with van der Waals surface area (Å²) < 4.78 is 2.25. The first-order chi connectivity index (χ1) is 10.9. The van der Waals surface area contributed by atoms with E-state index < -0.39 is 0 Å². The highest BCUT2D eigenvalue weighted by molar-refractivity contribution is 5.76. The van der Waals surface area contributed by atoms with Crippen LogP contribution in [0.2, 0.25) is 0 Å². The molecule has 0 saturated carbocycles. The van der Waals surface area contributed by atoms with Crippen LogP contribution in [0.3, 0.4) is 0 Å². The number of pyridine rings is 2. The molecule has 1 saturated heterocycles. The molecule has 3 aromatic heterocycles. The molecule has 0 aromatic carbocycles. The molecule has 0 radical (unpaired) electrons. The van der Waals surface area contributed by atoms with E-state index in [1.807, 2.05) is 30.6 Å². The SMILES string of the molecule is c1cncc(-c2nc3cccnc3n2CC2CCCNC2)c1. The molecule has 22 heavy (non-hydrogen) atoms. The summed E-state index contributed by atoms with van der Waals surface area (Å²) in [5, 5.41) is 3.49. The summed E-state index contributed by atoms with van der Waals surface area (Å²) in [5.41, 5.74) is 2.96. The molecule has 3 aromatic rings. The molecule has 1 atom stereocenters. The van der Waals surface area contributed by atoms with Gasteiger partial charge in [0.1, 0.15) is 11.3 Å². The average Bonchev–Trinajstić information content (AvgIpc) is 2.95. The molecule has 112 valence electrons. The van der Waals surface area contributed by atoms with Crippen molar-refractivity contribution in [1.82, 2.24) is 24.8 Å². The lowest BCUT2D eigenvalue weighted by Crippen LogP contribution is -2.32. The predicted molar refractivity (Wildman–Crippen MR) is 86.4 cm³/mol. The first-order valence-electron chi connectivity index (χ1n) is 7.84. The van der Waals surface area contributed by atoms with Gasteiger partial charge in [-0.05, 0) is 56.1 Å². The van der Waals surface area contributed by atoms with E-state index in [-0.39, 0.29) is 0 Å². The Morgan fingerprint density at radius 3 is 3.00 bits per heavy atom. The molecule has 1 fully saturated rings. The van der Waals surface area contributed by atoms with Crippen molar-refractivity contribution in [3.8, 4) is 11.4 Å². The molecule has 5 heteroatoms. The van der Waals surface area contributed by atoms with Crippen LogP contribution in [0.4, 0.5) is 0 Å². The number of imidazole rings is 1. The monoisotopic (exact) mass is 293 g/mol. The highest BCUT2D eigenvalue weighted by atomic mass is 15.1. The van der Waals surface area contributed by atoms with Crippen molar-refractivity contribution in [2.45, 2.75) is 19.4 Å². The van der Waals surface area contributed by atoms with Crippen LogP contribution < -0.4 is 5.32 Å². The van der Waals surface area contributed by atoms with Crippen LogP contribution in [0.1, 0.15) is 12.8 Å². The van der Waals surface area contributed by atoms with Crippen molar-refractivity contribution in [2.24, 2.45) is 5.92 Å². The van der Waals surface area contributed by atoms with Crippen molar-refractivity contribution >= 4 is 11.2 Å². The summed E-state index contributed by atoms with van der Waals surface area (Å²) in [6.45, 7) is 3.15. The van der Waals surface area contributed by atoms with E-state index in [0.717, 1.165) is 42.2 Å². The van der Waals surface area contributed by atoms with Gasteiger partial charge in [0.2, 0.25) is 0 Å². The summed E-state index contributed by atoms with van der Waals surface area (Å²) in [4.78, 5) is 13.6. The van der Waals surface area contributed by atoms with Gasteiger partial charge in [-0.15, -0.1) is 0 Å². The van der Waals surface area contributed by atoms with Gasteiger partial charge in [-0.25, -0.2) is 9.97 Å². The first-order valence-corrected chi connectivity index (χ1v) is 7.84. The fourth-order valence-corrected chi connectivity index (χ4v) is 3.18. The Bertz CT molecular complexity index is 759. The van der Waals surface area contributed by atoms with Gasteiger partial charge in [0.15, 0.2) is 5.65 Å². The Balaban J connectivity index is 1.79. The third kappa shape index (κ3) is 2.48. The average molecular weight is 293 g/mol. The van der Waals surface area contributed by atoms with Crippen molar-refractivity contribution in [3.63, 3.8) is 0 Å². The fraction of sp³-hybridized carbons (Fsp3) is 0.353. The quantitative estimate of drug-likeness (QED) is 0.806. The number of nitrogens with zero attached hydrogens (tertiary/aromatic N) is 4. The zero-order chi connectivity index (χ0) is 14.8. The number of hydrogen-bond acceptors (Lipinski definition) is 4. The second kappa shape index (κ2) is 5.85. The van der Waals surface area contributed by atoms with Gasteiger partial charge < -0.3 is 9.88 Å². The minimum atomic E-state index is 0.628. The van der Waals surface area contributed by atoms with E-state index >= 15 is 0 Å². The van der Waals surface area contributed by atoms with Gasteiger partial charge in [-0.3, -0.25) is 4.98 Å². The summed E-state index contributed by atoms with van der Waals surface area (Å²) >= 11 is 0. The van der Waals surface area contributed by atoms with Crippen molar-refractivity contribution in [3.05, 3.63) is 42.9 Å². The molecule has 1 aliphatic heterocycles. The van der Waals surface area contributed by atoms with Gasteiger partial charge in [-0.2, -0.15) is 0 Å². The predicted octanol–water partition coefficient (Wildman–Crippen LogP) is 2.49. The van der Waals surface area contributed by atoms with Crippen LogP contribution in [0.25, 0.3) is 22.6 Å². The van der Waals surface area contributed by atoms with Crippen molar-refractivity contribution in [2.75, 3.05) is 13.1 Å². The molecular formula is C17H19N5. The number of hydrogen-bond donors (Lipinski definition) is 1. The Morgan fingerprint density at radius 2 is 2.18 bits per heavy atom. The molecular weight excluding hydrogens is 274 g/mol. The Kier molecular flexibility index (Phi) is 3.56. The second-order valence-corrected chi connectivity index (χ2v) is 5.85. The van der Waals surface area contributed by atoms with Crippen LogP contribution in [-0.4, -0.2) is 32.6 Å². The smallest absolute Gasteiger partial charge is 0.160 e. The number of nitrogens with one attached hydrogen (secondary N) is 1. The van der Waals surface area contributed by atoms with E-state index in [9.17, 15) is 0 Å². The van der Waals surface area contributed by atoms with E-state index in [1.165, 1.54) is 12.8 Å². The summed E-state index contributed by atoms with van der Waals surface area (Å²) in [6.07, 6.45) is 8.00. The molecule has 0 amide bonds. The van der Waals surface area contributed by atoms with E-state index in [2.05, 4.69) is 25.9 Å². The minimum Gasteiger partial charge on any atom is -0.316 e. The molecule has 0 bridgehead atoms. The summed E-state index contributed by atoms with van der Waals surface area (Å²) in [6, 6.07) is 7.98. The summed E-state index contributed by atoms with van der Waals surface area (Å²) in [7, 11) is 0. The molecule has 1 unspecified atom stereocenters. The molecule has 0 aliphatic carbocycles. The molecule has 5 nitrogen and oxygen atoms in total. The van der Waals surface area contributed by atoms with Crippen LogP contribution >= 0.6 is 0 Å². The van der Waals surface area contributed by atoms with Crippen LogP contribution in [0.5, 0.6) is 0 Å². The van der Waals surface area contributed by atoms with Crippen molar-refractivity contribution < 1.29 is 0 Å². The number of piperidine rings is 1. The Labute approximate surface area is 129 Å². The molecule has 4 rings (SSSR count). The van der Waals surface area contributed by atoms with E-state index in [4.69, 9.17) is 4.98 Å². The standard InChI is InChI=1S/C17H19N5/c1-4-13(10-18-7-1)12-22-16(14-5-2-8-19-11-14)21-15-6-3-9-20-17(15)22/h2-3,5-6,8-9,11,13,18H,1,4,7,10,12H2. The third-order valence-corrected chi connectivity index (χ3v) is 4.26. The lowest BCUT2D eigenvalue weighted by molar-refractivity contribution is 0.341. The topological polar surface area (TPSA) is 55.6 Å². The minimum absolute atomic E-state index is 0.628. The normalized spacial score (nSPS) is 18.6. The molecule has 4 heterocycles. The first kappa shape index (κ1) is 13.4. The molecule has 0 spiro atoms. The van der Waals surface area contributed by atoms with Crippen LogP contribution in [0.15, 0.2) is 42.9 Å². The lowest BCUT2D eigenvalue weighted by atomic mass is 9.99. The van der Waals surface area contributed by atoms with Gasteiger partial charge in [0.05, 0.1) is 0 Å². The third-order valence-electron chi connectivity index (χ3n) is 4.26. The van der Waals surface area contributed by atoms with Gasteiger partial charge in [-0.1, -0.05) is 0 Å². The number of fused-ring (bicyclic) bond motifs is 1. The maximum atomic E-state index is 4.79. The molecule has 1 aliphatic rings. The van der Waals surface area contributed by atoms with Gasteiger partial charge in [0, 0.05) is 30.7 Å². The van der Waals surface area contributed by atoms with Gasteiger partial charge in [0.25, 0.3) is 0 Å². The fourth-order valence-electron chi connectivity index (χ4n) is 3.18. The second-order valence-electron chi connectivity index (χ2n) is 5.85. The maximum Gasteiger partial charge on any atom is 0.160 e. The number of aromatic nitrogens is 4. The number of rotatable bonds is 3. The zero-order valence-corrected chi connectivity index (χ0v) is 12.4. The highest BCUT2D eigenvalue weighted by Crippen LogP contribution is 2.25. The van der Waals surface area contributed by atoms with Crippen molar-refractivity contribution in [1.29, 1.82) is 0 Å². The van der Waals surface area contributed by atoms with E-state index in [1.54, 1.807) is 6.20 Å². The Morgan fingerprint density at radius 1 is 1.23 bits per heavy atom. The maximum absolute atomic E-state index is 4.79. The lowest BCUT2D eigenvalue weighted by Gasteiger charge is -2.24. The van der Waals surface area contributed by atoms with E-state index in [0.29, 0.717) is 5.92 Å². The summed E-state index contributed by atoms with van der Waals surface area (Å²) in [5.74, 6) is 1.59. The Hall–Kier alpha value is -2.27. The molecule has 1 N–H and O–H groups in total. The highest BCUT2D eigenvalue weighted by Gasteiger charge is 2.19. The zero-order valence-electron chi connectivity index (χ0n) is 12.4. The van der Waals surface area contributed by atoms with Crippen LogP contribution in [0, 0.1) is 5.92 Å². The largest absolute Gasteiger partial charge is 0.316 e. The van der Waals surface area contributed by atoms with Crippen LogP contribution in [-0.2, 0) is 6.54 Å². The van der Waals surface area contributed by atoms with Gasteiger partial charge >= 0.3 is 0 Å².